The Morgan fingerprint density at radius 2 is 2.10 bits per heavy atom. The number of hydrogen-bond donors (Lipinski definition) is 0. The van der Waals surface area contributed by atoms with E-state index >= 15 is 0 Å². The number of anilines is 1. The molecule has 5 nitrogen and oxygen atoms in total. The molecule has 21 heavy (non-hydrogen) atoms. The van der Waals surface area contributed by atoms with E-state index in [2.05, 4.69) is 17.0 Å². The molecular formula is C15H22N2O3S. The molecule has 2 heterocycles. The Hall–Kier alpha value is -1.11. The Balaban J connectivity index is 1.90. The van der Waals surface area contributed by atoms with Crippen molar-refractivity contribution in [2.75, 3.05) is 44.5 Å². The summed E-state index contributed by atoms with van der Waals surface area (Å²) in [7, 11) is -1.40. The summed E-state index contributed by atoms with van der Waals surface area (Å²) in [5, 5.41) is 0. The van der Waals surface area contributed by atoms with E-state index in [0.717, 1.165) is 13.0 Å². The van der Waals surface area contributed by atoms with Crippen molar-refractivity contribution in [3.8, 4) is 0 Å². The van der Waals surface area contributed by atoms with Crippen molar-refractivity contribution in [2.45, 2.75) is 18.4 Å². The van der Waals surface area contributed by atoms with Gasteiger partial charge in [0, 0.05) is 44.4 Å². The molecule has 0 aliphatic carbocycles. The zero-order valence-electron chi connectivity index (χ0n) is 12.5. The maximum absolute atomic E-state index is 11.8. The van der Waals surface area contributed by atoms with Crippen molar-refractivity contribution in [3.63, 3.8) is 0 Å². The first kappa shape index (κ1) is 14.8. The second-order valence-electron chi connectivity index (χ2n) is 5.83. The minimum Gasteiger partial charge on any atom is -0.383 e. The van der Waals surface area contributed by atoms with Crippen LogP contribution in [-0.4, -0.2) is 58.4 Å². The Labute approximate surface area is 126 Å². The van der Waals surface area contributed by atoms with Crippen LogP contribution < -0.4 is 4.90 Å². The standard InChI is InChI=1S/C15H22N2O3S/c1-20-10-9-17-14-6-4-3-5-12(14)13-11-16(21(2,18)19)8-7-15(13)17/h3-6,13,15H,7-11H2,1-2H3/t13-,15-/m0/s1. The van der Waals surface area contributed by atoms with Crippen molar-refractivity contribution in [3.05, 3.63) is 29.8 Å². The van der Waals surface area contributed by atoms with Gasteiger partial charge in [0.1, 0.15) is 0 Å². The van der Waals surface area contributed by atoms with Crippen molar-refractivity contribution in [1.82, 2.24) is 4.31 Å². The Bertz CT molecular complexity index is 617. The highest BCUT2D eigenvalue weighted by molar-refractivity contribution is 7.88. The van der Waals surface area contributed by atoms with Gasteiger partial charge in [0.2, 0.25) is 10.0 Å². The number of ether oxygens (including phenoxy) is 1. The summed E-state index contributed by atoms with van der Waals surface area (Å²) in [6.45, 7) is 2.74. The number of sulfonamides is 1. The van der Waals surface area contributed by atoms with Crippen LogP contribution in [0.4, 0.5) is 5.69 Å². The molecule has 116 valence electrons. The highest BCUT2D eigenvalue weighted by atomic mass is 32.2. The van der Waals surface area contributed by atoms with Crippen LogP contribution in [0.5, 0.6) is 0 Å². The van der Waals surface area contributed by atoms with Crippen LogP contribution in [0.25, 0.3) is 0 Å². The molecule has 1 fully saturated rings. The first-order valence-electron chi connectivity index (χ1n) is 7.32. The van der Waals surface area contributed by atoms with Gasteiger partial charge in [-0.3, -0.25) is 0 Å². The molecule has 0 unspecified atom stereocenters. The van der Waals surface area contributed by atoms with Crippen molar-refractivity contribution in [2.24, 2.45) is 0 Å². The molecule has 0 amide bonds. The zero-order valence-corrected chi connectivity index (χ0v) is 13.3. The Kier molecular flexibility index (Phi) is 3.94. The summed E-state index contributed by atoms with van der Waals surface area (Å²) in [5.74, 6) is 0.265. The zero-order chi connectivity index (χ0) is 15.0. The quantitative estimate of drug-likeness (QED) is 0.840. The molecule has 2 aliphatic rings. The topological polar surface area (TPSA) is 49.9 Å². The number of rotatable bonds is 4. The van der Waals surface area contributed by atoms with Gasteiger partial charge < -0.3 is 9.64 Å². The van der Waals surface area contributed by atoms with E-state index in [1.54, 1.807) is 11.4 Å². The molecule has 0 aromatic heterocycles. The SMILES string of the molecule is COCCN1c2ccccc2[C@@H]2CN(S(C)(=O)=O)CC[C@@H]21. The lowest BCUT2D eigenvalue weighted by molar-refractivity contribution is 0.199. The molecular weight excluding hydrogens is 288 g/mol. The minimum atomic E-state index is -3.11. The summed E-state index contributed by atoms with van der Waals surface area (Å²) >= 11 is 0. The number of methoxy groups -OCH3 is 1. The summed E-state index contributed by atoms with van der Waals surface area (Å²) in [6, 6.07) is 8.73. The van der Waals surface area contributed by atoms with Crippen molar-refractivity contribution < 1.29 is 13.2 Å². The maximum atomic E-state index is 11.8. The minimum absolute atomic E-state index is 0.265. The van der Waals surface area contributed by atoms with E-state index < -0.39 is 10.0 Å². The summed E-state index contributed by atoms with van der Waals surface area (Å²) < 4.78 is 30.5. The number of benzene rings is 1. The Morgan fingerprint density at radius 1 is 1.33 bits per heavy atom. The highest BCUT2D eigenvalue weighted by Gasteiger charge is 2.43. The molecule has 2 atom stereocenters. The van der Waals surface area contributed by atoms with Gasteiger partial charge in [-0.1, -0.05) is 18.2 Å². The van der Waals surface area contributed by atoms with Gasteiger partial charge in [0.25, 0.3) is 0 Å². The van der Waals surface area contributed by atoms with Crippen LogP contribution in [0.3, 0.4) is 0 Å². The van der Waals surface area contributed by atoms with E-state index in [-0.39, 0.29) is 5.92 Å². The maximum Gasteiger partial charge on any atom is 0.211 e. The summed E-state index contributed by atoms with van der Waals surface area (Å²) in [5.41, 5.74) is 2.51. The molecule has 1 aromatic rings. The molecule has 2 aliphatic heterocycles. The summed E-state index contributed by atoms with van der Waals surface area (Å²) in [6.07, 6.45) is 2.17. The van der Waals surface area contributed by atoms with Crippen LogP contribution in [0.15, 0.2) is 24.3 Å². The fourth-order valence-electron chi connectivity index (χ4n) is 3.61. The van der Waals surface area contributed by atoms with E-state index in [0.29, 0.717) is 25.7 Å². The molecule has 1 aromatic carbocycles. The molecule has 0 saturated carbocycles. The first-order chi connectivity index (χ1) is 10.0. The van der Waals surface area contributed by atoms with E-state index in [9.17, 15) is 8.42 Å². The van der Waals surface area contributed by atoms with Gasteiger partial charge in [-0.15, -0.1) is 0 Å². The second kappa shape index (κ2) is 5.59. The largest absolute Gasteiger partial charge is 0.383 e. The average molecular weight is 310 g/mol. The number of fused-ring (bicyclic) bond motifs is 3. The number of piperidine rings is 1. The molecule has 1 saturated heterocycles. The molecule has 0 bridgehead atoms. The van der Waals surface area contributed by atoms with E-state index in [4.69, 9.17) is 4.74 Å². The first-order valence-corrected chi connectivity index (χ1v) is 9.17. The number of hydrogen-bond acceptors (Lipinski definition) is 4. The predicted molar refractivity (Wildman–Crippen MR) is 83.2 cm³/mol. The van der Waals surface area contributed by atoms with Gasteiger partial charge >= 0.3 is 0 Å². The van der Waals surface area contributed by atoms with Gasteiger partial charge in [-0.25, -0.2) is 12.7 Å². The van der Waals surface area contributed by atoms with Crippen LogP contribution >= 0.6 is 0 Å². The van der Waals surface area contributed by atoms with Crippen LogP contribution in [0.1, 0.15) is 17.9 Å². The lowest BCUT2D eigenvalue weighted by atomic mass is 9.90. The smallest absolute Gasteiger partial charge is 0.211 e. The summed E-state index contributed by atoms with van der Waals surface area (Å²) in [4.78, 5) is 2.39. The van der Waals surface area contributed by atoms with Crippen LogP contribution in [0, 0.1) is 0 Å². The lowest BCUT2D eigenvalue weighted by Crippen LogP contribution is -2.48. The van der Waals surface area contributed by atoms with Crippen LogP contribution in [0.2, 0.25) is 0 Å². The molecule has 3 rings (SSSR count). The van der Waals surface area contributed by atoms with Crippen molar-refractivity contribution in [1.29, 1.82) is 0 Å². The third-order valence-corrected chi connectivity index (χ3v) is 5.86. The molecule has 6 heteroatoms. The third kappa shape index (κ3) is 2.67. The molecule has 0 N–H and O–H groups in total. The normalized spacial score (nSPS) is 25.7. The lowest BCUT2D eigenvalue weighted by Gasteiger charge is -2.37. The predicted octanol–water partition coefficient (Wildman–Crippen LogP) is 1.27. The number of nitrogens with zero attached hydrogens (tertiary/aromatic N) is 2. The van der Waals surface area contributed by atoms with Gasteiger partial charge in [-0.2, -0.15) is 0 Å². The van der Waals surface area contributed by atoms with E-state index in [1.165, 1.54) is 17.5 Å². The molecule has 0 spiro atoms. The fraction of sp³-hybridized carbons (Fsp3) is 0.600. The number of para-hydroxylation sites is 1. The van der Waals surface area contributed by atoms with Crippen molar-refractivity contribution >= 4 is 15.7 Å². The van der Waals surface area contributed by atoms with E-state index in [1.807, 2.05) is 12.1 Å². The Morgan fingerprint density at radius 3 is 2.81 bits per heavy atom. The monoisotopic (exact) mass is 310 g/mol. The van der Waals surface area contributed by atoms with Gasteiger partial charge in [0.15, 0.2) is 0 Å². The van der Waals surface area contributed by atoms with Gasteiger partial charge in [-0.05, 0) is 18.1 Å². The average Bonchev–Trinajstić information content (AvgIpc) is 2.78. The van der Waals surface area contributed by atoms with Gasteiger partial charge in [0.05, 0.1) is 12.9 Å². The fourth-order valence-corrected chi connectivity index (χ4v) is 4.48. The molecule has 0 radical (unpaired) electrons. The van der Waals surface area contributed by atoms with Crippen LogP contribution in [-0.2, 0) is 14.8 Å². The highest BCUT2D eigenvalue weighted by Crippen LogP contribution is 2.44. The second-order valence-corrected chi connectivity index (χ2v) is 7.81. The third-order valence-electron chi connectivity index (χ3n) is 4.59.